The van der Waals surface area contributed by atoms with E-state index in [0.717, 1.165) is 0 Å². The van der Waals surface area contributed by atoms with Crippen molar-refractivity contribution >= 4 is 17.9 Å². The van der Waals surface area contributed by atoms with Crippen molar-refractivity contribution in [3.05, 3.63) is 30.6 Å². The minimum absolute atomic E-state index is 0. The number of rotatable bonds is 5. The van der Waals surface area contributed by atoms with Crippen molar-refractivity contribution in [3.63, 3.8) is 0 Å². The van der Waals surface area contributed by atoms with E-state index in [9.17, 15) is 14.4 Å². The Labute approximate surface area is 130 Å². The van der Waals surface area contributed by atoms with E-state index >= 15 is 0 Å². The van der Waals surface area contributed by atoms with Crippen LogP contribution in [0, 0.1) is 30.6 Å². The van der Waals surface area contributed by atoms with Crippen LogP contribution in [-0.4, -0.2) is 54.1 Å². The normalized spacial score (nSPS) is 8.59. The first-order chi connectivity index (χ1) is 9.24. The third-order valence-corrected chi connectivity index (χ3v) is 1.29. The predicted molar refractivity (Wildman–Crippen MR) is 57.8 cm³/mol. The topological polar surface area (TPSA) is 265 Å². The van der Waals surface area contributed by atoms with Crippen molar-refractivity contribution < 1.29 is 62.1 Å². The van der Waals surface area contributed by atoms with Gasteiger partial charge in [0.15, 0.2) is 5.60 Å². The standard InChI is InChI=1S/C6H8O7.Fe.2NO3/c7-3(8)1-6(13,5(11)12)2-4(9)10;;2*2-1(3)4/h13H,1-2H2,(H,7,8)(H,9,10)(H,11,12);;;/q;+2;2*-1. The smallest absolute Gasteiger partial charge is 0.481 e. The molecule has 0 saturated carbocycles. The molecule has 0 fully saturated rings. The molecule has 0 aliphatic heterocycles. The van der Waals surface area contributed by atoms with Crippen LogP contribution in [0.3, 0.4) is 0 Å². The van der Waals surface area contributed by atoms with E-state index in [1.54, 1.807) is 0 Å². The van der Waals surface area contributed by atoms with Crippen molar-refractivity contribution in [2.75, 3.05) is 0 Å². The molecule has 4 N–H and O–H groups in total. The van der Waals surface area contributed by atoms with Gasteiger partial charge in [0.25, 0.3) is 0 Å². The fourth-order valence-corrected chi connectivity index (χ4v) is 0.714. The van der Waals surface area contributed by atoms with E-state index in [1.165, 1.54) is 0 Å². The van der Waals surface area contributed by atoms with Gasteiger partial charge in [0.2, 0.25) is 0 Å². The summed E-state index contributed by atoms with van der Waals surface area (Å²) in [6.45, 7) is 0. The average Bonchev–Trinajstić information content (AvgIpc) is 2.11. The first-order valence-corrected chi connectivity index (χ1v) is 4.27. The van der Waals surface area contributed by atoms with E-state index in [-0.39, 0.29) is 17.1 Å². The van der Waals surface area contributed by atoms with Crippen LogP contribution in [0.25, 0.3) is 0 Å². The van der Waals surface area contributed by atoms with Crippen LogP contribution in [0.4, 0.5) is 0 Å². The number of carboxylic acid groups (broad SMARTS) is 3. The molecule has 15 nitrogen and oxygen atoms in total. The van der Waals surface area contributed by atoms with Gasteiger partial charge in [-0.2, -0.15) is 0 Å². The van der Waals surface area contributed by atoms with Gasteiger partial charge in [-0.05, 0) is 0 Å². The summed E-state index contributed by atoms with van der Waals surface area (Å²) in [5, 5.41) is 63.3. The SMILES string of the molecule is O=C(O)CC(O)(CC(=O)O)C(=O)O.O=[N+]([O-])[O-].O=[N+]([O-])[O-].[Fe+2]. The Morgan fingerprint density at radius 2 is 1.00 bits per heavy atom. The van der Waals surface area contributed by atoms with E-state index < -0.39 is 46.5 Å². The molecule has 0 rings (SSSR count). The zero-order chi connectivity index (χ0) is 17.8. The Kier molecular flexibility index (Phi) is 16.7. The van der Waals surface area contributed by atoms with Crippen LogP contribution < -0.4 is 0 Å². The van der Waals surface area contributed by atoms with Gasteiger partial charge in [0.05, 0.1) is 23.0 Å². The Morgan fingerprint density at radius 3 is 1.09 bits per heavy atom. The van der Waals surface area contributed by atoms with Crippen molar-refractivity contribution in [3.8, 4) is 0 Å². The van der Waals surface area contributed by atoms with Gasteiger partial charge in [0, 0.05) is 0 Å². The van der Waals surface area contributed by atoms with Crippen molar-refractivity contribution in [2.24, 2.45) is 0 Å². The van der Waals surface area contributed by atoms with Gasteiger partial charge in [0.1, 0.15) is 0 Å². The van der Waals surface area contributed by atoms with Gasteiger partial charge < -0.3 is 51.1 Å². The molecular weight excluding hydrogens is 364 g/mol. The van der Waals surface area contributed by atoms with E-state index in [1.807, 2.05) is 0 Å². The van der Waals surface area contributed by atoms with Gasteiger partial charge in [-0.1, -0.05) is 0 Å². The summed E-state index contributed by atoms with van der Waals surface area (Å²) in [6, 6.07) is 0. The van der Waals surface area contributed by atoms with E-state index in [0.29, 0.717) is 0 Å². The summed E-state index contributed by atoms with van der Waals surface area (Å²) >= 11 is 0. The maximum atomic E-state index is 10.3. The molecule has 22 heavy (non-hydrogen) atoms. The minimum atomic E-state index is -2.74. The van der Waals surface area contributed by atoms with Crippen LogP contribution in [0.5, 0.6) is 0 Å². The second kappa shape index (κ2) is 13.3. The first-order valence-electron chi connectivity index (χ1n) is 4.27. The van der Waals surface area contributed by atoms with Gasteiger partial charge in [-0.15, -0.1) is 0 Å². The Hall–Kier alpha value is -2.71. The molecule has 0 atom stereocenters. The summed E-state index contributed by atoms with van der Waals surface area (Å²) in [5.74, 6) is -5.02. The number of hydrogen-bond donors (Lipinski definition) is 4. The molecule has 0 aromatic rings. The van der Waals surface area contributed by atoms with Gasteiger partial charge in [-0.3, -0.25) is 9.59 Å². The molecule has 0 radical (unpaired) electrons. The predicted octanol–water partition coefficient (Wildman–Crippen LogP) is -1.73. The van der Waals surface area contributed by atoms with Crippen LogP contribution in [-0.2, 0) is 31.5 Å². The minimum Gasteiger partial charge on any atom is -0.481 e. The van der Waals surface area contributed by atoms with Crippen molar-refractivity contribution in [2.45, 2.75) is 18.4 Å². The molecular formula is C6H8FeN2O13. The summed E-state index contributed by atoms with van der Waals surface area (Å²) in [4.78, 5) is 47.0. The average molecular weight is 372 g/mol. The Balaban J connectivity index is -0.000000150. The molecule has 0 amide bonds. The first kappa shape index (κ1) is 27.6. The molecule has 0 unspecified atom stereocenters. The van der Waals surface area contributed by atoms with Crippen molar-refractivity contribution in [1.29, 1.82) is 0 Å². The number of aliphatic hydroxyl groups is 1. The number of aliphatic carboxylic acids is 3. The molecule has 0 aliphatic carbocycles. The maximum absolute atomic E-state index is 10.3. The molecule has 0 aromatic carbocycles. The fraction of sp³-hybridized carbons (Fsp3) is 0.500. The van der Waals surface area contributed by atoms with Crippen LogP contribution in [0.1, 0.15) is 12.8 Å². The fourth-order valence-electron chi connectivity index (χ4n) is 0.714. The molecule has 0 bridgehead atoms. The van der Waals surface area contributed by atoms with Gasteiger partial charge >= 0.3 is 35.0 Å². The molecule has 0 aliphatic rings. The molecule has 128 valence electrons. The van der Waals surface area contributed by atoms with E-state index in [2.05, 4.69) is 0 Å². The largest absolute Gasteiger partial charge is 2.00 e. The number of carboxylic acids is 3. The number of nitrogens with zero attached hydrogens (tertiary/aromatic N) is 2. The number of hydrogen-bond acceptors (Lipinski definition) is 10. The molecule has 16 heteroatoms. The summed E-state index contributed by atoms with van der Waals surface area (Å²) in [7, 11) is 0. The zero-order valence-electron chi connectivity index (χ0n) is 10.1. The van der Waals surface area contributed by atoms with E-state index in [4.69, 9.17) is 51.1 Å². The van der Waals surface area contributed by atoms with Crippen LogP contribution in [0.2, 0.25) is 0 Å². The van der Waals surface area contributed by atoms with Crippen LogP contribution in [0.15, 0.2) is 0 Å². The van der Waals surface area contributed by atoms with Gasteiger partial charge in [-0.25, -0.2) is 4.79 Å². The van der Waals surface area contributed by atoms with Crippen LogP contribution >= 0.6 is 0 Å². The Bertz CT molecular complexity index is 373. The second-order valence-electron chi connectivity index (χ2n) is 2.92. The summed E-state index contributed by atoms with van der Waals surface area (Å²) in [5.41, 5.74) is -2.74. The monoisotopic (exact) mass is 372 g/mol. The third kappa shape index (κ3) is 26.0. The maximum Gasteiger partial charge on any atom is 2.00 e. The quantitative estimate of drug-likeness (QED) is 0.238. The molecule has 0 spiro atoms. The summed E-state index contributed by atoms with van der Waals surface area (Å²) < 4.78 is 0. The van der Waals surface area contributed by atoms with Crippen molar-refractivity contribution in [1.82, 2.24) is 0 Å². The Morgan fingerprint density at radius 1 is 0.818 bits per heavy atom. The zero-order valence-corrected chi connectivity index (χ0v) is 11.2. The number of carbonyl (C=O) groups is 3. The third-order valence-electron chi connectivity index (χ3n) is 1.29. The summed E-state index contributed by atoms with van der Waals surface area (Å²) in [6.07, 6.45) is -2.29. The molecule has 0 heterocycles. The second-order valence-corrected chi connectivity index (χ2v) is 2.92. The molecule has 0 aromatic heterocycles. The molecule has 0 saturated heterocycles.